The van der Waals surface area contributed by atoms with Gasteiger partial charge in [-0.25, -0.2) is 4.68 Å². The molecule has 1 heterocycles. The Kier molecular flexibility index (Phi) is 5.00. The third-order valence-corrected chi connectivity index (χ3v) is 6.30. The van der Waals surface area contributed by atoms with E-state index in [4.69, 9.17) is 5.73 Å². The predicted molar refractivity (Wildman–Crippen MR) is 105 cm³/mol. The van der Waals surface area contributed by atoms with Gasteiger partial charge in [0.2, 0.25) is 5.91 Å². The number of carbonyl (C=O) groups excluding carboxylic acids is 1. The maximum Gasteiger partial charge on any atom is 0.226 e. The molecule has 6 heteroatoms. The molecular weight excluding hydrogens is 338 g/mol. The zero-order valence-electron chi connectivity index (χ0n) is 16.2. The number of nitrogens with zero attached hydrogens (tertiary/aromatic N) is 3. The Morgan fingerprint density at radius 3 is 2.52 bits per heavy atom. The summed E-state index contributed by atoms with van der Waals surface area (Å²) in [5, 5.41) is 11.8. The SMILES string of the molecule is Cc1ccc(-n2nnc(CC(=O)NC3C4CCCC3CC(N)C4)c2C)cc1. The van der Waals surface area contributed by atoms with Gasteiger partial charge in [0.25, 0.3) is 0 Å². The van der Waals surface area contributed by atoms with Crippen molar-refractivity contribution in [3.8, 4) is 5.69 Å². The van der Waals surface area contributed by atoms with E-state index in [1.165, 1.54) is 24.8 Å². The van der Waals surface area contributed by atoms with Crippen LogP contribution in [0.15, 0.2) is 24.3 Å². The number of carbonyl (C=O) groups is 1. The highest BCUT2D eigenvalue weighted by molar-refractivity contribution is 5.78. The molecule has 0 spiro atoms. The molecule has 144 valence electrons. The van der Waals surface area contributed by atoms with Gasteiger partial charge >= 0.3 is 0 Å². The standard InChI is InChI=1S/C21H29N5O/c1-13-6-8-18(9-7-13)26-14(2)19(24-25-26)12-20(27)23-21-15-4-3-5-16(21)11-17(22)10-15/h6-9,15-17,21H,3-5,10-12,22H2,1-2H3,(H,23,27). The minimum atomic E-state index is 0.0476. The van der Waals surface area contributed by atoms with Crippen LogP contribution in [0.3, 0.4) is 0 Å². The molecule has 1 aromatic carbocycles. The Labute approximate surface area is 160 Å². The lowest BCUT2D eigenvalue weighted by Gasteiger charge is -2.45. The van der Waals surface area contributed by atoms with Crippen molar-refractivity contribution in [2.75, 3.05) is 0 Å². The maximum atomic E-state index is 12.7. The molecule has 0 radical (unpaired) electrons. The number of aryl methyl sites for hydroxylation is 1. The van der Waals surface area contributed by atoms with Crippen molar-refractivity contribution in [1.29, 1.82) is 0 Å². The average molecular weight is 367 g/mol. The summed E-state index contributed by atoms with van der Waals surface area (Å²) in [6.45, 7) is 4.03. The lowest BCUT2D eigenvalue weighted by atomic mass is 9.67. The molecule has 2 aromatic rings. The molecule has 1 amide bonds. The number of amides is 1. The summed E-state index contributed by atoms with van der Waals surface area (Å²) in [5.41, 5.74) is 10.0. The van der Waals surface area contributed by atoms with Gasteiger partial charge in [-0.2, -0.15) is 0 Å². The highest BCUT2D eigenvalue weighted by Crippen LogP contribution is 2.39. The number of aromatic nitrogens is 3. The van der Waals surface area contributed by atoms with Crippen LogP contribution in [0.4, 0.5) is 0 Å². The molecule has 2 aliphatic carbocycles. The maximum absolute atomic E-state index is 12.7. The molecular formula is C21H29N5O. The second-order valence-corrected chi connectivity index (χ2v) is 8.32. The second-order valence-electron chi connectivity index (χ2n) is 8.32. The van der Waals surface area contributed by atoms with E-state index < -0.39 is 0 Å². The summed E-state index contributed by atoms with van der Waals surface area (Å²) in [5.74, 6) is 1.10. The summed E-state index contributed by atoms with van der Waals surface area (Å²) >= 11 is 0. The van der Waals surface area contributed by atoms with E-state index in [2.05, 4.69) is 34.7 Å². The van der Waals surface area contributed by atoms with Crippen LogP contribution in [0.1, 0.15) is 49.1 Å². The van der Waals surface area contributed by atoms with E-state index >= 15 is 0 Å². The second kappa shape index (κ2) is 7.43. The number of nitrogens with one attached hydrogen (secondary N) is 1. The van der Waals surface area contributed by atoms with Crippen molar-refractivity contribution in [2.24, 2.45) is 17.6 Å². The molecule has 2 saturated carbocycles. The number of nitrogens with two attached hydrogens (primary N) is 1. The number of benzene rings is 1. The van der Waals surface area contributed by atoms with Gasteiger partial charge in [-0.1, -0.05) is 29.3 Å². The molecule has 2 bridgehead atoms. The Hall–Kier alpha value is -2.21. The van der Waals surface area contributed by atoms with Crippen molar-refractivity contribution in [3.63, 3.8) is 0 Å². The Bertz CT molecular complexity index is 798. The quantitative estimate of drug-likeness (QED) is 0.869. The van der Waals surface area contributed by atoms with Gasteiger partial charge in [0.05, 0.1) is 23.5 Å². The Balaban J connectivity index is 1.44. The van der Waals surface area contributed by atoms with Crippen LogP contribution in [0, 0.1) is 25.7 Å². The van der Waals surface area contributed by atoms with Gasteiger partial charge in [0, 0.05) is 12.1 Å². The third kappa shape index (κ3) is 3.76. The molecule has 3 N–H and O–H groups in total. The first kappa shape index (κ1) is 18.2. The molecule has 6 nitrogen and oxygen atoms in total. The highest BCUT2D eigenvalue weighted by atomic mass is 16.1. The van der Waals surface area contributed by atoms with E-state index in [-0.39, 0.29) is 18.4 Å². The third-order valence-electron chi connectivity index (χ3n) is 6.30. The first-order chi connectivity index (χ1) is 13.0. The molecule has 1 aromatic heterocycles. The molecule has 4 rings (SSSR count). The van der Waals surface area contributed by atoms with Crippen LogP contribution in [0.2, 0.25) is 0 Å². The molecule has 0 saturated heterocycles. The number of rotatable bonds is 4. The van der Waals surface area contributed by atoms with Crippen LogP contribution < -0.4 is 11.1 Å². The molecule has 2 fully saturated rings. The summed E-state index contributed by atoms with van der Waals surface area (Å²) < 4.78 is 1.80. The minimum absolute atomic E-state index is 0.0476. The Morgan fingerprint density at radius 1 is 1.19 bits per heavy atom. The molecule has 2 unspecified atom stereocenters. The topological polar surface area (TPSA) is 85.8 Å². The number of fused-ring (bicyclic) bond motifs is 2. The summed E-state index contributed by atoms with van der Waals surface area (Å²) in [6, 6.07) is 8.72. The largest absolute Gasteiger partial charge is 0.352 e. The average Bonchev–Trinajstić information content (AvgIpc) is 2.97. The highest BCUT2D eigenvalue weighted by Gasteiger charge is 2.39. The van der Waals surface area contributed by atoms with Gasteiger partial charge in [-0.05, 0) is 63.5 Å². The fraction of sp³-hybridized carbons (Fsp3) is 0.571. The van der Waals surface area contributed by atoms with Crippen LogP contribution in [0.5, 0.6) is 0 Å². The fourth-order valence-corrected chi connectivity index (χ4v) is 4.87. The van der Waals surface area contributed by atoms with Crippen molar-refractivity contribution in [3.05, 3.63) is 41.2 Å². The summed E-state index contributed by atoms with van der Waals surface area (Å²) in [6.07, 6.45) is 5.96. The first-order valence-corrected chi connectivity index (χ1v) is 10.0. The van der Waals surface area contributed by atoms with Crippen molar-refractivity contribution >= 4 is 5.91 Å². The van der Waals surface area contributed by atoms with Crippen molar-refractivity contribution in [2.45, 2.75) is 64.5 Å². The van der Waals surface area contributed by atoms with Gasteiger partial charge in [-0.3, -0.25) is 4.79 Å². The van der Waals surface area contributed by atoms with Gasteiger partial charge in [-0.15, -0.1) is 5.10 Å². The van der Waals surface area contributed by atoms with Crippen LogP contribution >= 0.6 is 0 Å². The van der Waals surface area contributed by atoms with E-state index in [1.54, 1.807) is 4.68 Å². The number of hydrogen-bond donors (Lipinski definition) is 2. The van der Waals surface area contributed by atoms with Gasteiger partial charge in [0.1, 0.15) is 0 Å². The van der Waals surface area contributed by atoms with E-state index in [1.807, 2.05) is 19.1 Å². The molecule has 2 atom stereocenters. The molecule has 27 heavy (non-hydrogen) atoms. The molecule has 2 aliphatic rings. The van der Waals surface area contributed by atoms with Crippen LogP contribution in [-0.2, 0) is 11.2 Å². The first-order valence-electron chi connectivity index (χ1n) is 10.0. The van der Waals surface area contributed by atoms with E-state index in [0.717, 1.165) is 29.9 Å². The normalized spacial score (nSPS) is 27.4. The monoisotopic (exact) mass is 367 g/mol. The minimum Gasteiger partial charge on any atom is -0.352 e. The Morgan fingerprint density at radius 2 is 1.85 bits per heavy atom. The van der Waals surface area contributed by atoms with E-state index in [0.29, 0.717) is 17.9 Å². The van der Waals surface area contributed by atoms with E-state index in [9.17, 15) is 4.79 Å². The van der Waals surface area contributed by atoms with Crippen LogP contribution in [-0.4, -0.2) is 33.0 Å². The van der Waals surface area contributed by atoms with Gasteiger partial charge < -0.3 is 11.1 Å². The smallest absolute Gasteiger partial charge is 0.226 e. The van der Waals surface area contributed by atoms with Crippen molar-refractivity contribution < 1.29 is 4.79 Å². The zero-order valence-corrected chi connectivity index (χ0v) is 16.2. The van der Waals surface area contributed by atoms with Crippen molar-refractivity contribution in [1.82, 2.24) is 20.3 Å². The zero-order chi connectivity index (χ0) is 19.0. The number of hydrogen-bond acceptors (Lipinski definition) is 4. The lowest BCUT2D eigenvalue weighted by molar-refractivity contribution is -0.122. The lowest BCUT2D eigenvalue weighted by Crippen LogP contribution is -2.54. The fourth-order valence-electron chi connectivity index (χ4n) is 4.87. The predicted octanol–water partition coefficient (Wildman–Crippen LogP) is 2.45. The van der Waals surface area contributed by atoms with Crippen LogP contribution in [0.25, 0.3) is 5.69 Å². The molecule has 0 aliphatic heterocycles. The summed E-state index contributed by atoms with van der Waals surface area (Å²) in [7, 11) is 0. The van der Waals surface area contributed by atoms with Gasteiger partial charge in [0.15, 0.2) is 0 Å². The summed E-state index contributed by atoms with van der Waals surface area (Å²) in [4.78, 5) is 12.7.